The molecule has 0 bridgehead atoms. The van der Waals surface area contributed by atoms with Crippen molar-refractivity contribution >= 4 is 0 Å². The first-order chi connectivity index (χ1) is 13.9. The Morgan fingerprint density at radius 3 is 2.10 bits per heavy atom. The van der Waals surface area contributed by atoms with Crippen LogP contribution in [0, 0.1) is 5.92 Å². The van der Waals surface area contributed by atoms with E-state index in [2.05, 4.69) is 20.8 Å². The van der Waals surface area contributed by atoms with Gasteiger partial charge in [0.1, 0.15) is 18.1 Å². The molecule has 5 heteroatoms. The minimum atomic E-state index is -0.882. The lowest BCUT2D eigenvalue weighted by Gasteiger charge is -2.23. The molecule has 164 valence electrons. The molecule has 1 aliphatic rings. The van der Waals surface area contributed by atoms with Crippen LogP contribution in [-0.2, 0) is 15.9 Å². The fourth-order valence-electron chi connectivity index (χ4n) is 2.88. The molecule has 0 N–H and O–H groups in total. The lowest BCUT2D eigenvalue weighted by atomic mass is 9.92. The normalized spacial score (nSPS) is 16.1. The maximum absolute atomic E-state index is 14.2. The molecule has 0 radical (unpaired) electrons. The smallest absolute Gasteiger partial charge is 0.196 e. The highest BCUT2D eigenvalue weighted by atomic mass is 19.2. The Kier molecular flexibility index (Phi) is 11.6. The van der Waals surface area contributed by atoms with Crippen molar-refractivity contribution in [3.8, 4) is 5.75 Å². The molecule has 1 aromatic rings. The van der Waals surface area contributed by atoms with Gasteiger partial charge < -0.3 is 14.2 Å². The average Bonchev–Trinajstić information content (AvgIpc) is 2.73. The van der Waals surface area contributed by atoms with E-state index in [9.17, 15) is 8.78 Å². The average molecular weight is 411 g/mol. The molecule has 1 aromatic carbocycles. The minimum Gasteiger partial charge on any atom is -0.498 e. The molecular weight excluding hydrogens is 374 g/mol. The van der Waals surface area contributed by atoms with E-state index in [4.69, 9.17) is 14.2 Å². The molecule has 3 nitrogen and oxygen atoms in total. The Hall–Kier alpha value is -1.88. The van der Waals surface area contributed by atoms with Crippen LogP contribution >= 0.6 is 0 Å². The summed E-state index contributed by atoms with van der Waals surface area (Å²) in [5, 5.41) is 0. The summed E-state index contributed by atoms with van der Waals surface area (Å²) in [6.07, 6.45) is 2.92. The maximum atomic E-state index is 14.2. The molecular formula is C24H36F2O3. The molecule has 0 saturated carbocycles. The predicted octanol–water partition coefficient (Wildman–Crippen LogP) is 6.93. The minimum absolute atomic E-state index is 0.0789. The second-order valence-corrected chi connectivity index (χ2v) is 7.34. The number of methoxy groups -OCH3 is 1. The zero-order valence-corrected chi connectivity index (χ0v) is 18.7. The summed E-state index contributed by atoms with van der Waals surface area (Å²) in [5.41, 5.74) is 1.71. The third-order valence-electron chi connectivity index (χ3n) is 4.63. The molecule has 0 fully saturated rings. The van der Waals surface area contributed by atoms with Crippen molar-refractivity contribution in [3.05, 3.63) is 52.8 Å². The number of rotatable bonds is 9. The van der Waals surface area contributed by atoms with Gasteiger partial charge in [-0.05, 0) is 43.0 Å². The largest absolute Gasteiger partial charge is 0.498 e. The van der Waals surface area contributed by atoms with Crippen LogP contribution in [-0.4, -0.2) is 26.4 Å². The fraction of sp³-hybridized carbons (Fsp3) is 0.583. The van der Waals surface area contributed by atoms with Gasteiger partial charge in [0.05, 0.1) is 19.8 Å². The molecule has 0 aliphatic heterocycles. The van der Waals surface area contributed by atoms with E-state index >= 15 is 0 Å². The summed E-state index contributed by atoms with van der Waals surface area (Å²) in [6.45, 7) is 10.8. The van der Waals surface area contributed by atoms with Gasteiger partial charge in [0.15, 0.2) is 11.7 Å². The van der Waals surface area contributed by atoms with Crippen LogP contribution in [0.2, 0.25) is 0 Å². The van der Waals surface area contributed by atoms with Crippen molar-refractivity contribution in [2.45, 2.75) is 66.4 Å². The Balaban J connectivity index is 0.00000132. The van der Waals surface area contributed by atoms with Gasteiger partial charge in [-0.3, -0.25) is 0 Å². The lowest BCUT2D eigenvalue weighted by molar-refractivity contribution is 0.0197. The van der Waals surface area contributed by atoms with Crippen LogP contribution < -0.4 is 4.74 Å². The Morgan fingerprint density at radius 2 is 1.55 bits per heavy atom. The highest BCUT2D eigenvalue weighted by Crippen LogP contribution is 2.36. The zero-order valence-electron chi connectivity index (χ0n) is 18.7. The quantitative estimate of drug-likeness (QED) is 0.442. The number of ether oxygens (including phenoxy) is 3. The van der Waals surface area contributed by atoms with Gasteiger partial charge in [-0.15, -0.1) is 0 Å². The van der Waals surface area contributed by atoms with Gasteiger partial charge in [0, 0.05) is 12.3 Å². The number of benzene rings is 1. The van der Waals surface area contributed by atoms with Gasteiger partial charge in [-0.2, -0.15) is 0 Å². The molecule has 0 saturated heterocycles. The van der Waals surface area contributed by atoms with Crippen LogP contribution in [0.1, 0.15) is 59.4 Å². The molecule has 0 heterocycles. The molecule has 2 unspecified atom stereocenters. The van der Waals surface area contributed by atoms with Gasteiger partial charge in [0.25, 0.3) is 0 Å². The van der Waals surface area contributed by atoms with E-state index < -0.39 is 11.7 Å². The third kappa shape index (κ3) is 8.17. The van der Waals surface area contributed by atoms with Crippen molar-refractivity contribution in [2.24, 2.45) is 5.92 Å². The molecule has 0 spiro atoms. The monoisotopic (exact) mass is 410 g/mol. The number of allylic oxidation sites excluding steroid dienone is 3. The van der Waals surface area contributed by atoms with Crippen molar-refractivity contribution in [2.75, 3.05) is 20.3 Å². The first-order valence-corrected chi connectivity index (χ1v) is 10.5. The molecule has 29 heavy (non-hydrogen) atoms. The number of hydrogen-bond donors (Lipinski definition) is 0. The maximum Gasteiger partial charge on any atom is 0.196 e. The Morgan fingerprint density at radius 1 is 0.931 bits per heavy atom. The van der Waals surface area contributed by atoms with Crippen molar-refractivity contribution < 1.29 is 23.0 Å². The van der Waals surface area contributed by atoms with E-state index in [1.54, 1.807) is 0 Å². The van der Waals surface area contributed by atoms with E-state index in [1.165, 1.54) is 19.1 Å². The van der Waals surface area contributed by atoms with E-state index in [0.717, 1.165) is 12.2 Å². The van der Waals surface area contributed by atoms with E-state index in [-0.39, 0.29) is 17.8 Å². The van der Waals surface area contributed by atoms with Crippen LogP contribution in [0.4, 0.5) is 8.78 Å². The first kappa shape index (κ1) is 25.2. The lowest BCUT2D eigenvalue weighted by Crippen LogP contribution is -2.22. The number of aryl methyl sites for hydroxylation is 1. The standard InChI is InChI=1S/C21H28F2O3.C3H8/c1-5-16-6-8-17(9-7-16)26-13-15(3)25-12-14(2)18-10-11-19(24-4)21(23)20(18)22;1-3-2/h6-9,14-15H,5,10-13H2,1-4H3;3H2,1-2H3. The summed E-state index contributed by atoms with van der Waals surface area (Å²) in [5.74, 6) is -1.01. The van der Waals surface area contributed by atoms with Gasteiger partial charge in [-0.25, -0.2) is 8.78 Å². The summed E-state index contributed by atoms with van der Waals surface area (Å²) in [4.78, 5) is 0. The van der Waals surface area contributed by atoms with Crippen molar-refractivity contribution in [1.29, 1.82) is 0 Å². The second kappa shape index (κ2) is 13.4. The third-order valence-corrected chi connectivity index (χ3v) is 4.63. The number of halogens is 2. The zero-order chi connectivity index (χ0) is 21.8. The SMILES string of the molecule is CCC.CCc1ccc(OCC(C)OCC(C)C2=C(F)C(F)=C(OC)CC2)cc1. The van der Waals surface area contributed by atoms with Crippen LogP contribution in [0.15, 0.2) is 47.3 Å². The molecule has 2 atom stereocenters. The predicted molar refractivity (Wildman–Crippen MR) is 114 cm³/mol. The van der Waals surface area contributed by atoms with E-state index in [0.29, 0.717) is 31.6 Å². The Bertz CT molecular complexity index is 665. The Labute approximate surface area is 174 Å². The summed E-state index contributed by atoms with van der Waals surface area (Å²) in [7, 11) is 1.36. The topological polar surface area (TPSA) is 27.7 Å². The highest BCUT2D eigenvalue weighted by Gasteiger charge is 2.26. The first-order valence-electron chi connectivity index (χ1n) is 10.5. The number of hydrogen-bond acceptors (Lipinski definition) is 3. The summed E-state index contributed by atoms with van der Waals surface area (Å²) in [6, 6.07) is 7.97. The summed E-state index contributed by atoms with van der Waals surface area (Å²) < 4.78 is 44.4. The van der Waals surface area contributed by atoms with E-state index in [1.807, 2.05) is 38.1 Å². The van der Waals surface area contributed by atoms with Crippen LogP contribution in [0.5, 0.6) is 5.75 Å². The van der Waals surface area contributed by atoms with Crippen molar-refractivity contribution in [3.63, 3.8) is 0 Å². The second-order valence-electron chi connectivity index (χ2n) is 7.34. The molecule has 1 aliphatic carbocycles. The van der Waals surface area contributed by atoms with Crippen molar-refractivity contribution in [1.82, 2.24) is 0 Å². The summed E-state index contributed by atoms with van der Waals surface area (Å²) >= 11 is 0. The molecule has 2 rings (SSSR count). The van der Waals surface area contributed by atoms with Gasteiger partial charge >= 0.3 is 0 Å². The van der Waals surface area contributed by atoms with Crippen LogP contribution in [0.25, 0.3) is 0 Å². The van der Waals surface area contributed by atoms with Gasteiger partial charge in [0.2, 0.25) is 0 Å². The highest BCUT2D eigenvalue weighted by molar-refractivity contribution is 5.33. The van der Waals surface area contributed by atoms with Crippen LogP contribution in [0.3, 0.4) is 0 Å². The molecule has 0 aromatic heterocycles. The van der Waals surface area contributed by atoms with Gasteiger partial charge in [-0.1, -0.05) is 46.2 Å². The fourth-order valence-corrected chi connectivity index (χ4v) is 2.88. The molecule has 0 amide bonds.